The second-order valence-corrected chi connectivity index (χ2v) is 15.0. The normalized spacial score (nSPS) is 17.1. The lowest BCUT2D eigenvalue weighted by Crippen LogP contribution is -2.49. The number of carboxylic acid groups (broad SMARTS) is 2. The Labute approximate surface area is 361 Å². The summed E-state index contributed by atoms with van der Waals surface area (Å²) in [5, 5.41) is 124. The summed E-state index contributed by atoms with van der Waals surface area (Å²) in [6, 6.07) is -3.00. The van der Waals surface area contributed by atoms with Crippen LogP contribution < -0.4 is 21.3 Å². The van der Waals surface area contributed by atoms with Gasteiger partial charge in [-0.3, -0.25) is 43.2 Å². The van der Waals surface area contributed by atoms with Crippen LogP contribution in [0.3, 0.4) is 0 Å². The largest absolute Gasteiger partial charge is 0.481 e. The van der Waals surface area contributed by atoms with Crippen LogP contribution in [-0.2, 0) is 43.2 Å². The molecule has 0 unspecified atom stereocenters. The Balaban J connectivity index is 6.27. The molecule has 0 radical (unpaired) electrons. The highest BCUT2D eigenvalue weighted by molar-refractivity contribution is 5.95. The first-order chi connectivity index (χ1) is 29.4. The molecule has 0 aromatic carbocycles. The minimum Gasteiger partial charge on any atom is -0.481 e. The van der Waals surface area contributed by atoms with E-state index in [0.717, 1.165) is 6.92 Å². The number of aliphatic hydroxyl groups excluding tert-OH is 10. The summed E-state index contributed by atoms with van der Waals surface area (Å²) < 4.78 is 0. The molecule has 0 aromatic heterocycles. The number of ketones is 3. The Morgan fingerprint density at radius 1 is 0.492 bits per heavy atom. The van der Waals surface area contributed by atoms with Crippen molar-refractivity contribution >= 4 is 52.9 Å². The highest BCUT2D eigenvalue weighted by Gasteiger charge is 2.34. The molecule has 63 heavy (non-hydrogen) atoms. The van der Waals surface area contributed by atoms with Crippen molar-refractivity contribution in [2.24, 2.45) is 11.8 Å². The molecule has 0 spiro atoms. The smallest absolute Gasteiger partial charge is 0.303 e. The summed E-state index contributed by atoms with van der Waals surface area (Å²) in [7, 11) is 0. The third kappa shape index (κ3) is 23.1. The van der Waals surface area contributed by atoms with Crippen LogP contribution in [0.25, 0.3) is 0 Å². The fourth-order valence-corrected chi connectivity index (χ4v) is 5.85. The van der Waals surface area contributed by atoms with Gasteiger partial charge in [0.2, 0.25) is 23.6 Å². The molecule has 12 atom stereocenters. The van der Waals surface area contributed by atoms with Crippen molar-refractivity contribution in [3.8, 4) is 0 Å². The third-order valence-corrected chi connectivity index (χ3v) is 9.97. The van der Waals surface area contributed by atoms with E-state index in [1.54, 1.807) is 0 Å². The van der Waals surface area contributed by atoms with Gasteiger partial charge in [0.25, 0.3) is 0 Å². The Hall–Kier alpha value is -4.57. The minimum atomic E-state index is -2.03. The molecule has 4 amide bonds. The average molecular weight is 913 g/mol. The van der Waals surface area contributed by atoms with Gasteiger partial charge in [-0.1, -0.05) is 6.92 Å². The van der Waals surface area contributed by atoms with Gasteiger partial charge < -0.3 is 82.5 Å². The van der Waals surface area contributed by atoms with E-state index in [1.807, 2.05) is 0 Å². The number of nitrogens with one attached hydrogen (secondary N) is 4. The molecule has 25 heteroatoms. The zero-order valence-corrected chi connectivity index (χ0v) is 35.1. The molecule has 0 aromatic rings. The van der Waals surface area contributed by atoms with Gasteiger partial charge in [0.1, 0.15) is 42.4 Å². The van der Waals surface area contributed by atoms with Crippen molar-refractivity contribution in [1.82, 2.24) is 21.3 Å². The SMILES string of the molecule is CCC(=O)C[C@@H](CCC(=O)NC[C@H](O)[C@@H](O)[C@H](O)[C@H](O)CO)C(=O)N[C@H](CCC(=O)O)C(=O)C[C@@H](CCC(=O)NC[C@H](O)[C@@H](O)[C@H](O)[C@H](O)CO)C(=O)N[C@H](CCC(=O)O)C(C)=O. The monoisotopic (exact) mass is 912 g/mol. The second kappa shape index (κ2) is 30.5. The summed E-state index contributed by atoms with van der Waals surface area (Å²) in [6.07, 6.45) is -20.6. The highest BCUT2D eigenvalue weighted by Crippen LogP contribution is 2.19. The van der Waals surface area contributed by atoms with Crippen LogP contribution in [0.5, 0.6) is 0 Å². The molecule has 362 valence electrons. The zero-order valence-electron chi connectivity index (χ0n) is 35.1. The van der Waals surface area contributed by atoms with E-state index in [1.165, 1.54) is 6.92 Å². The van der Waals surface area contributed by atoms with E-state index in [2.05, 4.69) is 21.3 Å². The molecule has 0 aliphatic heterocycles. The second-order valence-electron chi connectivity index (χ2n) is 15.0. The molecule has 0 bridgehead atoms. The molecule has 0 saturated carbocycles. The minimum absolute atomic E-state index is 0.0458. The average Bonchev–Trinajstić information content (AvgIpc) is 3.24. The molecular formula is C38H64N4O21. The van der Waals surface area contributed by atoms with Gasteiger partial charge in [-0.05, 0) is 32.6 Å². The van der Waals surface area contributed by atoms with Gasteiger partial charge >= 0.3 is 11.9 Å². The predicted molar refractivity (Wildman–Crippen MR) is 212 cm³/mol. The number of rotatable bonds is 35. The number of carbonyl (C=O) groups is 9. The summed E-state index contributed by atoms with van der Waals surface area (Å²) >= 11 is 0. The Morgan fingerprint density at radius 3 is 1.22 bits per heavy atom. The maximum atomic E-state index is 13.8. The lowest BCUT2D eigenvalue weighted by molar-refractivity contribution is -0.139. The molecular weight excluding hydrogens is 848 g/mol. The molecule has 0 saturated heterocycles. The fraction of sp³-hybridized carbons (Fsp3) is 0.763. The molecule has 0 aliphatic carbocycles. The summed E-state index contributed by atoms with van der Waals surface area (Å²) in [4.78, 5) is 114. The number of hydrogen-bond donors (Lipinski definition) is 16. The van der Waals surface area contributed by atoms with E-state index in [9.17, 15) is 89.1 Å². The van der Waals surface area contributed by atoms with E-state index in [4.69, 9.17) is 15.3 Å². The van der Waals surface area contributed by atoms with Crippen molar-refractivity contribution in [1.29, 1.82) is 0 Å². The number of carbonyl (C=O) groups excluding carboxylic acids is 7. The van der Waals surface area contributed by atoms with Crippen LogP contribution in [0.2, 0.25) is 0 Å². The third-order valence-electron chi connectivity index (χ3n) is 9.97. The van der Waals surface area contributed by atoms with Gasteiger partial charge in [0.05, 0.1) is 37.5 Å². The summed E-state index contributed by atoms with van der Waals surface area (Å²) in [5.74, 6) is -11.3. The van der Waals surface area contributed by atoms with Gasteiger partial charge in [0.15, 0.2) is 11.6 Å². The fourth-order valence-electron chi connectivity index (χ4n) is 5.85. The van der Waals surface area contributed by atoms with E-state index >= 15 is 0 Å². The van der Waals surface area contributed by atoms with Crippen molar-refractivity contribution < 1.29 is 104 Å². The van der Waals surface area contributed by atoms with Crippen LogP contribution in [0, 0.1) is 11.8 Å². The number of aliphatic carboxylic acids is 2. The Morgan fingerprint density at radius 2 is 0.857 bits per heavy atom. The Kier molecular flexibility index (Phi) is 28.3. The number of Topliss-reactive ketones (excluding diaryl/α,β-unsaturated/α-hetero) is 3. The van der Waals surface area contributed by atoms with E-state index < -0.39 is 203 Å². The van der Waals surface area contributed by atoms with Gasteiger partial charge in [0, 0.05) is 69.9 Å². The Bertz CT molecular complexity index is 1520. The maximum Gasteiger partial charge on any atom is 0.303 e. The van der Waals surface area contributed by atoms with Gasteiger partial charge in [-0.15, -0.1) is 0 Å². The molecule has 16 N–H and O–H groups in total. The molecule has 0 aliphatic rings. The van der Waals surface area contributed by atoms with E-state index in [-0.39, 0.29) is 19.3 Å². The standard InChI is InChI=1S/C38H64N4O21/c1-3-21(46)12-19(4-8-29(52)39-14-25(48)33(58)35(60)27(50)16-43)37(62)42-23(7-11-32(56)57)24(47)13-20(38(63)41-22(18(2)45)6-10-31(54)55)5-9-30(53)40-15-26(49)34(59)36(61)28(51)17-44/h19-20,22-23,25-28,33-36,43-44,48-51,58-61H,3-17H2,1-2H3,(H,39,52)(H,40,53)(H,41,63)(H,42,62)(H,54,55)(H,56,57)/t19-,20-,22-,23-,25+,26+,27-,28-,33-,34-,35-,36-/m1/s1. The summed E-state index contributed by atoms with van der Waals surface area (Å²) in [6.45, 7) is -0.715. The first kappa shape index (κ1) is 58.4. The lowest BCUT2D eigenvalue weighted by Gasteiger charge is -2.26. The van der Waals surface area contributed by atoms with Crippen molar-refractivity contribution in [2.45, 2.75) is 145 Å². The number of aliphatic hydroxyl groups is 10. The molecule has 25 nitrogen and oxygen atoms in total. The van der Waals surface area contributed by atoms with Crippen molar-refractivity contribution in [3.63, 3.8) is 0 Å². The first-order valence-corrected chi connectivity index (χ1v) is 20.2. The molecule has 0 rings (SSSR count). The summed E-state index contributed by atoms with van der Waals surface area (Å²) in [5.41, 5.74) is 0. The van der Waals surface area contributed by atoms with Gasteiger partial charge in [-0.2, -0.15) is 0 Å². The van der Waals surface area contributed by atoms with Crippen LogP contribution >= 0.6 is 0 Å². The van der Waals surface area contributed by atoms with Crippen molar-refractivity contribution in [2.75, 3.05) is 26.3 Å². The molecule has 0 fully saturated rings. The molecule has 0 heterocycles. The lowest BCUT2D eigenvalue weighted by atomic mass is 9.90. The predicted octanol–water partition coefficient (Wildman–Crippen LogP) is -6.50. The van der Waals surface area contributed by atoms with Crippen LogP contribution in [-0.4, -0.2) is 201 Å². The first-order valence-electron chi connectivity index (χ1n) is 20.2. The number of carboxylic acids is 2. The topological polar surface area (TPSA) is 445 Å². The zero-order chi connectivity index (χ0) is 48.6. The number of hydrogen-bond acceptors (Lipinski definition) is 19. The van der Waals surface area contributed by atoms with Crippen LogP contribution in [0.15, 0.2) is 0 Å². The van der Waals surface area contributed by atoms with Crippen molar-refractivity contribution in [3.05, 3.63) is 0 Å². The van der Waals surface area contributed by atoms with Crippen LogP contribution in [0.4, 0.5) is 0 Å². The maximum absolute atomic E-state index is 13.8. The highest BCUT2D eigenvalue weighted by atomic mass is 16.4. The van der Waals surface area contributed by atoms with Crippen LogP contribution in [0.1, 0.15) is 84.5 Å². The number of amides is 4. The van der Waals surface area contributed by atoms with E-state index in [0.29, 0.717) is 0 Å². The van der Waals surface area contributed by atoms with Gasteiger partial charge in [-0.25, -0.2) is 0 Å². The quantitative estimate of drug-likeness (QED) is 0.0281.